The molecule has 0 radical (unpaired) electrons. The van der Waals surface area contributed by atoms with Crippen molar-refractivity contribution in [3.63, 3.8) is 0 Å². The van der Waals surface area contributed by atoms with Crippen LogP contribution in [0, 0.1) is 5.92 Å². The molecule has 2 aliphatic rings. The highest BCUT2D eigenvalue weighted by Gasteiger charge is 2.30. The monoisotopic (exact) mass is 315 g/mol. The van der Waals surface area contributed by atoms with Gasteiger partial charge in [0.15, 0.2) is 5.82 Å². The highest BCUT2D eigenvalue weighted by atomic mass is 32.2. The summed E-state index contributed by atoms with van der Waals surface area (Å²) in [5, 5.41) is 7.07. The van der Waals surface area contributed by atoms with E-state index in [0.717, 1.165) is 19.4 Å². The van der Waals surface area contributed by atoms with Crippen molar-refractivity contribution in [2.24, 2.45) is 5.92 Å². The smallest absolute Gasteiger partial charge is 0.279 e. The minimum Gasteiger partial charge on any atom is -0.343 e. The quantitative estimate of drug-likeness (QED) is 0.727. The number of piperidine rings is 1. The van der Waals surface area contributed by atoms with Gasteiger partial charge in [-0.05, 0) is 38.1 Å². The first kappa shape index (κ1) is 14.9. The van der Waals surface area contributed by atoms with E-state index in [2.05, 4.69) is 24.7 Å². The Morgan fingerprint density at radius 1 is 1.38 bits per heavy atom. The second-order valence-corrected chi connectivity index (χ2v) is 7.48. The van der Waals surface area contributed by atoms with Crippen LogP contribution < -0.4 is 10.0 Å². The Morgan fingerprint density at radius 3 is 2.95 bits per heavy atom. The second kappa shape index (κ2) is 6.39. The van der Waals surface area contributed by atoms with Gasteiger partial charge in [0, 0.05) is 19.1 Å². The lowest BCUT2D eigenvalue weighted by molar-refractivity contribution is 0.257. The van der Waals surface area contributed by atoms with Crippen molar-refractivity contribution in [2.45, 2.75) is 38.3 Å². The molecule has 1 aromatic heterocycles. The summed E-state index contributed by atoms with van der Waals surface area (Å²) in [6, 6.07) is 0.661. The van der Waals surface area contributed by atoms with Gasteiger partial charge in [-0.15, -0.1) is 0 Å². The Morgan fingerprint density at radius 2 is 2.24 bits per heavy atom. The first-order valence-electron chi connectivity index (χ1n) is 7.37. The zero-order valence-corrected chi connectivity index (χ0v) is 12.7. The van der Waals surface area contributed by atoms with E-state index >= 15 is 0 Å². The second-order valence-electron chi connectivity index (χ2n) is 5.72. The van der Waals surface area contributed by atoms with Crippen molar-refractivity contribution in [1.82, 2.24) is 24.5 Å². The number of nitrogens with one attached hydrogen (secondary N) is 2. The molecule has 1 unspecified atom stereocenters. The van der Waals surface area contributed by atoms with Gasteiger partial charge in [0.1, 0.15) is 0 Å². The van der Waals surface area contributed by atoms with Crippen molar-refractivity contribution in [3.8, 4) is 0 Å². The molecule has 0 aromatic carbocycles. The SMILES string of the molecule is O=S(=O)(NCc1ncon1)N1CCCC(CNC2CC2)C1. The minimum atomic E-state index is -3.48. The minimum absolute atomic E-state index is 0.0559. The van der Waals surface area contributed by atoms with Crippen molar-refractivity contribution < 1.29 is 12.9 Å². The van der Waals surface area contributed by atoms with E-state index in [1.54, 1.807) is 0 Å². The lowest BCUT2D eigenvalue weighted by Crippen LogP contribution is -2.47. The normalized spacial score (nSPS) is 24.3. The average molecular weight is 315 g/mol. The van der Waals surface area contributed by atoms with Crippen LogP contribution in [0.1, 0.15) is 31.5 Å². The van der Waals surface area contributed by atoms with Gasteiger partial charge >= 0.3 is 0 Å². The summed E-state index contributed by atoms with van der Waals surface area (Å²) in [6.45, 7) is 2.10. The van der Waals surface area contributed by atoms with Crippen molar-refractivity contribution >= 4 is 10.2 Å². The van der Waals surface area contributed by atoms with E-state index < -0.39 is 10.2 Å². The molecule has 21 heavy (non-hydrogen) atoms. The van der Waals surface area contributed by atoms with Crippen LogP contribution in [-0.2, 0) is 16.8 Å². The Bertz CT molecular complexity index is 543. The number of nitrogens with zero attached hydrogens (tertiary/aromatic N) is 3. The molecule has 1 atom stereocenters. The molecule has 2 heterocycles. The summed E-state index contributed by atoms with van der Waals surface area (Å²) in [5.41, 5.74) is 0. The lowest BCUT2D eigenvalue weighted by atomic mass is 10.00. The predicted octanol–water partition coefficient (Wildman–Crippen LogP) is -0.132. The van der Waals surface area contributed by atoms with Gasteiger partial charge in [0.25, 0.3) is 10.2 Å². The summed E-state index contributed by atoms with van der Waals surface area (Å²) in [7, 11) is -3.48. The van der Waals surface area contributed by atoms with E-state index in [9.17, 15) is 8.42 Å². The number of hydrogen-bond acceptors (Lipinski definition) is 6. The summed E-state index contributed by atoms with van der Waals surface area (Å²) < 4.78 is 33.2. The molecular weight excluding hydrogens is 294 g/mol. The number of hydrogen-bond donors (Lipinski definition) is 2. The molecule has 0 amide bonds. The summed E-state index contributed by atoms with van der Waals surface area (Å²) >= 11 is 0. The Balaban J connectivity index is 1.50. The maximum Gasteiger partial charge on any atom is 0.279 e. The molecule has 0 bridgehead atoms. The first-order valence-corrected chi connectivity index (χ1v) is 8.81. The third-order valence-corrected chi connectivity index (χ3v) is 5.43. The molecule has 0 spiro atoms. The van der Waals surface area contributed by atoms with Gasteiger partial charge in [-0.25, -0.2) is 0 Å². The van der Waals surface area contributed by atoms with Crippen LogP contribution in [0.25, 0.3) is 0 Å². The van der Waals surface area contributed by atoms with E-state index in [1.807, 2.05) is 0 Å². The fourth-order valence-electron chi connectivity index (χ4n) is 2.55. The molecule has 1 aliphatic carbocycles. The molecule has 9 heteroatoms. The van der Waals surface area contributed by atoms with Crippen LogP contribution in [0.15, 0.2) is 10.9 Å². The fraction of sp³-hybridized carbons (Fsp3) is 0.833. The van der Waals surface area contributed by atoms with Crippen molar-refractivity contribution in [3.05, 3.63) is 12.2 Å². The standard InChI is InChI=1S/C12H21N5O3S/c18-21(19,15-7-12-14-9-20-16-12)17-5-1-2-10(8-17)6-13-11-3-4-11/h9-11,13,15H,1-8H2. The molecule has 1 aromatic rings. The highest BCUT2D eigenvalue weighted by Crippen LogP contribution is 2.22. The molecule has 2 N–H and O–H groups in total. The summed E-state index contributed by atoms with van der Waals surface area (Å²) in [4.78, 5) is 3.80. The average Bonchev–Trinajstić information content (AvgIpc) is 3.17. The summed E-state index contributed by atoms with van der Waals surface area (Å²) in [6.07, 6.45) is 5.67. The number of rotatable bonds is 7. The zero-order valence-electron chi connectivity index (χ0n) is 11.9. The largest absolute Gasteiger partial charge is 0.343 e. The van der Waals surface area contributed by atoms with Crippen molar-refractivity contribution in [2.75, 3.05) is 19.6 Å². The van der Waals surface area contributed by atoms with E-state index in [1.165, 1.54) is 23.5 Å². The Labute approximate surface area is 124 Å². The molecule has 3 rings (SSSR count). The Hall–Kier alpha value is -1.03. The molecule has 2 fully saturated rings. The van der Waals surface area contributed by atoms with Crippen LogP contribution in [0.2, 0.25) is 0 Å². The topological polar surface area (TPSA) is 100 Å². The van der Waals surface area contributed by atoms with Gasteiger partial charge in [0.2, 0.25) is 6.39 Å². The molecule has 1 saturated carbocycles. The maximum atomic E-state index is 12.3. The van der Waals surface area contributed by atoms with Crippen LogP contribution >= 0.6 is 0 Å². The maximum absolute atomic E-state index is 12.3. The first-order chi connectivity index (χ1) is 10.1. The lowest BCUT2D eigenvalue weighted by Gasteiger charge is -2.32. The third kappa shape index (κ3) is 4.22. The molecular formula is C12H21N5O3S. The summed E-state index contributed by atoms with van der Waals surface area (Å²) in [5.74, 6) is 0.726. The van der Waals surface area contributed by atoms with E-state index in [0.29, 0.717) is 30.9 Å². The molecule has 1 aliphatic heterocycles. The zero-order chi connectivity index (χ0) is 14.7. The van der Waals surface area contributed by atoms with E-state index in [4.69, 9.17) is 0 Å². The van der Waals surface area contributed by atoms with Gasteiger partial charge in [-0.1, -0.05) is 5.16 Å². The molecule has 8 nitrogen and oxygen atoms in total. The van der Waals surface area contributed by atoms with Crippen LogP contribution in [0.4, 0.5) is 0 Å². The van der Waals surface area contributed by atoms with Gasteiger partial charge in [0.05, 0.1) is 6.54 Å². The van der Waals surface area contributed by atoms with Gasteiger partial charge in [-0.3, -0.25) is 0 Å². The van der Waals surface area contributed by atoms with Crippen LogP contribution in [-0.4, -0.2) is 48.5 Å². The fourth-order valence-corrected chi connectivity index (χ4v) is 3.82. The Kier molecular flexibility index (Phi) is 4.53. The van der Waals surface area contributed by atoms with Gasteiger partial charge in [-0.2, -0.15) is 22.4 Å². The third-order valence-electron chi connectivity index (χ3n) is 3.91. The van der Waals surface area contributed by atoms with Gasteiger partial charge < -0.3 is 9.84 Å². The molecule has 1 saturated heterocycles. The highest BCUT2D eigenvalue weighted by molar-refractivity contribution is 7.87. The van der Waals surface area contributed by atoms with Crippen LogP contribution in [0.3, 0.4) is 0 Å². The van der Waals surface area contributed by atoms with Crippen molar-refractivity contribution in [1.29, 1.82) is 0 Å². The number of aromatic nitrogens is 2. The van der Waals surface area contributed by atoms with Crippen LogP contribution in [0.5, 0.6) is 0 Å². The molecule has 118 valence electrons. The predicted molar refractivity (Wildman–Crippen MR) is 75.4 cm³/mol. The van der Waals surface area contributed by atoms with E-state index in [-0.39, 0.29) is 6.54 Å².